The predicted octanol–water partition coefficient (Wildman–Crippen LogP) is 2.26. The fourth-order valence-corrected chi connectivity index (χ4v) is 3.66. The molecule has 1 saturated carbocycles. The highest BCUT2D eigenvalue weighted by Gasteiger charge is 2.27. The maximum Gasteiger partial charge on any atom is 0.253 e. The zero-order valence-electron chi connectivity index (χ0n) is 11.9. The normalized spacial score (nSPS) is 14.9. The monoisotopic (exact) mass is 295 g/mol. The molecule has 4 N–H and O–H groups in total. The number of thiophene rings is 1. The first kappa shape index (κ1) is 14.8. The van der Waals surface area contributed by atoms with Gasteiger partial charge in [-0.1, -0.05) is 13.3 Å². The highest BCUT2D eigenvalue weighted by atomic mass is 32.1. The summed E-state index contributed by atoms with van der Waals surface area (Å²) in [6.45, 7) is 2.66. The molecule has 0 unspecified atom stereocenters. The fourth-order valence-electron chi connectivity index (χ4n) is 2.45. The van der Waals surface area contributed by atoms with Crippen molar-refractivity contribution in [1.82, 2.24) is 0 Å². The van der Waals surface area contributed by atoms with Gasteiger partial charge in [0.25, 0.3) is 5.91 Å². The summed E-state index contributed by atoms with van der Waals surface area (Å²) < 4.78 is 0. The molecular weight excluding hydrogens is 274 g/mol. The van der Waals surface area contributed by atoms with Crippen LogP contribution in [0.25, 0.3) is 0 Å². The average Bonchev–Trinajstić information content (AvgIpc) is 2.70. The van der Waals surface area contributed by atoms with Gasteiger partial charge in [0.2, 0.25) is 0 Å². The lowest BCUT2D eigenvalue weighted by Gasteiger charge is -2.30. The van der Waals surface area contributed by atoms with E-state index in [1.165, 1.54) is 30.6 Å². The number of Topliss-reactive ketones (excluding diaryl/α,β-unsaturated/α-hetero) is 1. The van der Waals surface area contributed by atoms with Gasteiger partial charge in [-0.25, -0.2) is 0 Å². The van der Waals surface area contributed by atoms with Crippen molar-refractivity contribution in [3.05, 3.63) is 10.4 Å². The van der Waals surface area contributed by atoms with Gasteiger partial charge in [-0.2, -0.15) is 0 Å². The maximum absolute atomic E-state index is 11.9. The lowest BCUT2D eigenvalue weighted by Crippen LogP contribution is -2.30. The van der Waals surface area contributed by atoms with Gasteiger partial charge in [-0.15, -0.1) is 11.3 Å². The lowest BCUT2D eigenvalue weighted by molar-refractivity contribution is 0.0991. The van der Waals surface area contributed by atoms with Crippen LogP contribution < -0.4 is 16.4 Å². The summed E-state index contributed by atoms with van der Waals surface area (Å²) in [7, 11) is 1.93. The van der Waals surface area contributed by atoms with Crippen molar-refractivity contribution in [3.8, 4) is 0 Å². The highest BCUT2D eigenvalue weighted by Crippen LogP contribution is 2.39. The highest BCUT2D eigenvalue weighted by molar-refractivity contribution is 7.19. The predicted molar refractivity (Wildman–Crippen MR) is 82.5 cm³/mol. The second-order valence-corrected chi connectivity index (χ2v) is 6.34. The van der Waals surface area contributed by atoms with Gasteiger partial charge in [0, 0.05) is 20.0 Å². The number of nitrogens with two attached hydrogens (primary N) is 2. The Kier molecular flexibility index (Phi) is 4.32. The summed E-state index contributed by atoms with van der Waals surface area (Å²) in [5.41, 5.74) is 11.9. The van der Waals surface area contributed by atoms with E-state index in [0.29, 0.717) is 22.8 Å². The molecular formula is C14H21N3O2S. The molecule has 5 nitrogen and oxygen atoms in total. The number of hydrogen-bond donors (Lipinski definition) is 2. The Morgan fingerprint density at radius 3 is 2.50 bits per heavy atom. The van der Waals surface area contributed by atoms with Crippen molar-refractivity contribution in [2.45, 2.75) is 32.6 Å². The Morgan fingerprint density at radius 2 is 2.05 bits per heavy atom. The molecule has 0 atom stereocenters. The zero-order valence-corrected chi connectivity index (χ0v) is 12.8. The quantitative estimate of drug-likeness (QED) is 0.788. The Bertz CT molecular complexity index is 535. The number of anilines is 2. The van der Waals surface area contributed by atoms with Crippen molar-refractivity contribution < 1.29 is 9.59 Å². The molecule has 6 heteroatoms. The molecule has 110 valence electrons. The van der Waals surface area contributed by atoms with Crippen LogP contribution in [0, 0.1) is 5.92 Å². The number of carbonyl (C=O) groups is 2. The van der Waals surface area contributed by atoms with Gasteiger partial charge in [-0.05, 0) is 18.8 Å². The summed E-state index contributed by atoms with van der Waals surface area (Å²) >= 11 is 1.28. The van der Waals surface area contributed by atoms with Crippen LogP contribution in [0.15, 0.2) is 0 Å². The number of carbonyl (C=O) groups excluding carboxylic acids is 2. The minimum Gasteiger partial charge on any atom is -0.397 e. The van der Waals surface area contributed by atoms with Crippen LogP contribution in [0.5, 0.6) is 0 Å². The molecule has 0 aromatic carbocycles. The smallest absolute Gasteiger partial charge is 0.253 e. The van der Waals surface area contributed by atoms with Crippen molar-refractivity contribution in [3.63, 3.8) is 0 Å². The van der Waals surface area contributed by atoms with Gasteiger partial charge in [-0.3, -0.25) is 9.59 Å². The van der Waals surface area contributed by atoms with E-state index in [0.717, 1.165) is 11.5 Å². The topological polar surface area (TPSA) is 89.4 Å². The first-order chi connectivity index (χ1) is 9.45. The van der Waals surface area contributed by atoms with Gasteiger partial charge in [0.1, 0.15) is 5.00 Å². The number of ketones is 1. The van der Waals surface area contributed by atoms with Gasteiger partial charge < -0.3 is 16.4 Å². The molecule has 2 rings (SSSR count). The van der Waals surface area contributed by atoms with Crippen LogP contribution in [-0.2, 0) is 0 Å². The third-order valence-corrected chi connectivity index (χ3v) is 5.21. The molecule has 20 heavy (non-hydrogen) atoms. The van der Waals surface area contributed by atoms with Crippen LogP contribution in [0.1, 0.15) is 52.6 Å². The van der Waals surface area contributed by atoms with Gasteiger partial charge in [0.15, 0.2) is 5.78 Å². The number of primary amides is 1. The van der Waals surface area contributed by atoms with E-state index in [-0.39, 0.29) is 11.5 Å². The van der Waals surface area contributed by atoms with Crippen LogP contribution in [-0.4, -0.2) is 25.3 Å². The van der Waals surface area contributed by atoms with E-state index >= 15 is 0 Å². The second kappa shape index (κ2) is 5.83. The molecule has 1 fully saturated rings. The molecule has 0 bridgehead atoms. The number of nitrogens with zero attached hydrogens (tertiary/aromatic N) is 1. The molecule has 1 aliphatic rings. The first-order valence-corrected chi connectivity index (χ1v) is 7.73. The summed E-state index contributed by atoms with van der Waals surface area (Å²) in [5.74, 6) is 0.0528. The van der Waals surface area contributed by atoms with E-state index in [2.05, 4.69) is 0 Å². The molecule has 1 aromatic heterocycles. The molecule has 0 radical (unpaired) electrons. The van der Waals surface area contributed by atoms with Crippen LogP contribution in [0.3, 0.4) is 0 Å². The van der Waals surface area contributed by atoms with Crippen molar-refractivity contribution in [2.24, 2.45) is 11.7 Å². The van der Waals surface area contributed by atoms with E-state index in [9.17, 15) is 9.59 Å². The lowest BCUT2D eigenvalue weighted by atomic mass is 9.85. The maximum atomic E-state index is 11.9. The minimum absolute atomic E-state index is 0.0432. The Morgan fingerprint density at radius 1 is 1.40 bits per heavy atom. The number of hydrogen-bond acceptors (Lipinski definition) is 5. The third kappa shape index (κ3) is 2.65. The fraction of sp³-hybridized carbons (Fsp3) is 0.571. The van der Waals surface area contributed by atoms with Gasteiger partial charge >= 0.3 is 0 Å². The summed E-state index contributed by atoms with van der Waals surface area (Å²) in [4.78, 5) is 26.0. The molecule has 1 aromatic rings. The van der Waals surface area contributed by atoms with Gasteiger partial charge in [0.05, 0.1) is 16.1 Å². The van der Waals surface area contributed by atoms with E-state index in [4.69, 9.17) is 11.5 Å². The number of amides is 1. The van der Waals surface area contributed by atoms with Crippen molar-refractivity contribution in [2.75, 3.05) is 24.2 Å². The standard InChI is InChI=1S/C14H21N3O2S/c1-3-9(18)12-11(15)10(13(16)19)14(20-12)17(2)7-8-5-4-6-8/h8H,3-7,15H2,1-2H3,(H2,16,19). The van der Waals surface area contributed by atoms with E-state index in [1.807, 2.05) is 11.9 Å². The average molecular weight is 295 g/mol. The summed E-state index contributed by atoms with van der Waals surface area (Å²) in [5, 5.41) is 0.721. The second-order valence-electron chi connectivity index (χ2n) is 5.34. The number of nitrogen functional groups attached to an aromatic ring is 1. The van der Waals surface area contributed by atoms with E-state index < -0.39 is 5.91 Å². The van der Waals surface area contributed by atoms with Crippen LogP contribution in [0.2, 0.25) is 0 Å². The zero-order chi connectivity index (χ0) is 14.9. The molecule has 1 aliphatic carbocycles. The Balaban J connectivity index is 2.34. The first-order valence-electron chi connectivity index (χ1n) is 6.92. The summed E-state index contributed by atoms with van der Waals surface area (Å²) in [6, 6.07) is 0. The third-order valence-electron chi connectivity index (χ3n) is 3.85. The summed E-state index contributed by atoms with van der Waals surface area (Å²) in [6.07, 6.45) is 4.08. The van der Waals surface area contributed by atoms with Crippen molar-refractivity contribution >= 4 is 33.7 Å². The largest absolute Gasteiger partial charge is 0.397 e. The molecule has 1 amide bonds. The van der Waals surface area contributed by atoms with Crippen LogP contribution in [0.4, 0.5) is 10.7 Å². The SMILES string of the molecule is CCC(=O)c1sc(N(C)CC2CCC2)c(C(N)=O)c1N. The van der Waals surface area contributed by atoms with E-state index in [1.54, 1.807) is 6.92 Å². The molecule has 1 heterocycles. The molecule has 0 aliphatic heterocycles. The Hall–Kier alpha value is -1.56. The molecule has 0 spiro atoms. The van der Waals surface area contributed by atoms with Crippen molar-refractivity contribution in [1.29, 1.82) is 0 Å². The van der Waals surface area contributed by atoms with Crippen LogP contribution >= 0.6 is 11.3 Å². The Labute approximate surface area is 122 Å². The molecule has 0 saturated heterocycles. The number of rotatable bonds is 6. The minimum atomic E-state index is -0.565.